The number of ether oxygens (including phenoxy) is 2. The third-order valence-electron chi connectivity index (χ3n) is 4.16. The fourth-order valence-corrected chi connectivity index (χ4v) is 2.71. The van der Waals surface area contributed by atoms with Crippen LogP contribution in [0.4, 0.5) is 0 Å². The summed E-state index contributed by atoms with van der Waals surface area (Å²) in [5.74, 6) is 1.38. The molecule has 1 amide bonds. The average molecular weight is 366 g/mol. The van der Waals surface area contributed by atoms with Gasteiger partial charge >= 0.3 is 0 Å². The topological polar surface area (TPSA) is 80.4 Å². The maximum Gasteiger partial charge on any atom is 0.253 e. The largest absolute Gasteiger partial charge is 0.497 e. The minimum Gasteiger partial charge on any atom is -0.497 e. The van der Waals surface area contributed by atoms with Crippen LogP contribution < -0.4 is 20.3 Å². The van der Waals surface area contributed by atoms with Gasteiger partial charge in [0.05, 0.1) is 13.7 Å². The average Bonchev–Trinajstić information content (AvgIpc) is 2.70. The summed E-state index contributed by atoms with van der Waals surface area (Å²) < 4.78 is 10.8. The molecule has 6 nitrogen and oxygen atoms in total. The van der Waals surface area contributed by atoms with Crippen LogP contribution in [0.5, 0.6) is 11.5 Å². The maximum absolute atomic E-state index is 12.2. The van der Waals surface area contributed by atoms with E-state index in [1.807, 2.05) is 36.4 Å². The third kappa shape index (κ3) is 5.10. The molecule has 2 N–H and O–H groups in total. The number of aromatic nitrogens is 1. The molecule has 0 spiro atoms. The van der Waals surface area contributed by atoms with Crippen molar-refractivity contribution in [3.63, 3.8) is 0 Å². The van der Waals surface area contributed by atoms with E-state index in [4.69, 9.17) is 9.47 Å². The molecule has 0 aliphatic carbocycles. The number of benzene rings is 2. The fourth-order valence-electron chi connectivity index (χ4n) is 2.71. The molecule has 0 bridgehead atoms. The van der Waals surface area contributed by atoms with Crippen molar-refractivity contribution in [1.29, 1.82) is 0 Å². The van der Waals surface area contributed by atoms with Gasteiger partial charge in [0.25, 0.3) is 5.56 Å². The van der Waals surface area contributed by atoms with Gasteiger partial charge in [-0.3, -0.25) is 9.59 Å². The van der Waals surface area contributed by atoms with Gasteiger partial charge in [0.1, 0.15) is 11.5 Å². The smallest absolute Gasteiger partial charge is 0.253 e. The highest BCUT2D eigenvalue weighted by molar-refractivity contribution is 5.81. The number of carbonyl (C=O) groups excluding carboxylic acids is 1. The van der Waals surface area contributed by atoms with Crippen molar-refractivity contribution >= 4 is 16.8 Å². The van der Waals surface area contributed by atoms with Crippen LogP contribution in [0.25, 0.3) is 10.9 Å². The van der Waals surface area contributed by atoms with Gasteiger partial charge in [-0.25, -0.2) is 0 Å². The summed E-state index contributed by atoms with van der Waals surface area (Å²) in [5, 5.41) is 3.64. The SMILES string of the molecule is COc1ccc2[nH]c(=O)c(CNC(=O)CCCOc3ccccc3)cc2c1. The quantitative estimate of drug-likeness (QED) is 0.601. The van der Waals surface area contributed by atoms with Crippen LogP contribution in [0.15, 0.2) is 59.4 Å². The van der Waals surface area contributed by atoms with Crippen LogP contribution in [0.2, 0.25) is 0 Å². The number of amides is 1. The van der Waals surface area contributed by atoms with E-state index in [9.17, 15) is 9.59 Å². The summed E-state index contributed by atoms with van der Waals surface area (Å²) in [7, 11) is 1.59. The standard InChI is InChI=1S/C21H22N2O4/c1-26-18-9-10-19-15(13-18)12-16(21(25)23-19)14-22-20(24)8-5-11-27-17-6-3-2-4-7-17/h2-4,6-7,9-10,12-13H,5,8,11,14H2,1H3,(H,22,24)(H,23,25). The van der Waals surface area contributed by atoms with Crippen LogP contribution in [0.1, 0.15) is 18.4 Å². The second kappa shape index (κ2) is 8.89. The first-order valence-corrected chi connectivity index (χ1v) is 8.80. The van der Waals surface area contributed by atoms with Crippen molar-refractivity contribution in [2.75, 3.05) is 13.7 Å². The number of H-pyrrole nitrogens is 1. The first-order chi connectivity index (χ1) is 13.2. The van der Waals surface area contributed by atoms with Crippen LogP contribution >= 0.6 is 0 Å². The van der Waals surface area contributed by atoms with Gasteiger partial charge in [0.15, 0.2) is 0 Å². The molecule has 2 aromatic carbocycles. The van der Waals surface area contributed by atoms with E-state index < -0.39 is 0 Å². The number of para-hydroxylation sites is 1. The Morgan fingerprint density at radius 3 is 2.67 bits per heavy atom. The molecule has 3 rings (SSSR count). The van der Waals surface area contributed by atoms with Gasteiger partial charge in [-0.15, -0.1) is 0 Å². The lowest BCUT2D eigenvalue weighted by Crippen LogP contribution is -2.26. The van der Waals surface area contributed by atoms with Gasteiger partial charge in [-0.1, -0.05) is 18.2 Å². The Morgan fingerprint density at radius 1 is 1.07 bits per heavy atom. The lowest BCUT2D eigenvalue weighted by Gasteiger charge is -2.08. The molecular weight excluding hydrogens is 344 g/mol. The number of nitrogens with one attached hydrogen (secondary N) is 2. The van der Waals surface area contributed by atoms with Gasteiger partial charge in [0, 0.05) is 29.4 Å². The number of hydrogen-bond donors (Lipinski definition) is 2. The van der Waals surface area contributed by atoms with Crippen molar-refractivity contribution in [2.24, 2.45) is 0 Å². The number of hydrogen-bond acceptors (Lipinski definition) is 4. The van der Waals surface area contributed by atoms with E-state index in [2.05, 4.69) is 10.3 Å². The zero-order valence-corrected chi connectivity index (χ0v) is 15.2. The number of rotatable bonds is 8. The van der Waals surface area contributed by atoms with Crippen molar-refractivity contribution in [2.45, 2.75) is 19.4 Å². The van der Waals surface area contributed by atoms with E-state index in [0.717, 1.165) is 16.7 Å². The van der Waals surface area contributed by atoms with Crippen LogP contribution in [0.3, 0.4) is 0 Å². The van der Waals surface area contributed by atoms with Crippen LogP contribution in [-0.2, 0) is 11.3 Å². The summed E-state index contributed by atoms with van der Waals surface area (Å²) in [4.78, 5) is 27.0. The molecule has 3 aromatic rings. The predicted octanol–water partition coefficient (Wildman–Crippen LogP) is 3.01. The number of pyridine rings is 1. The normalized spacial score (nSPS) is 10.6. The molecule has 1 aromatic heterocycles. The van der Waals surface area contributed by atoms with E-state index in [-0.39, 0.29) is 18.0 Å². The number of fused-ring (bicyclic) bond motifs is 1. The minimum atomic E-state index is -0.208. The zero-order chi connectivity index (χ0) is 19.1. The minimum absolute atomic E-state index is 0.114. The monoisotopic (exact) mass is 366 g/mol. The van der Waals surface area contributed by atoms with Gasteiger partial charge < -0.3 is 19.8 Å². The Kier molecular flexibility index (Phi) is 6.10. The highest BCUT2D eigenvalue weighted by atomic mass is 16.5. The highest BCUT2D eigenvalue weighted by Gasteiger charge is 2.07. The second-order valence-electron chi connectivity index (χ2n) is 6.12. The molecule has 140 valence electrons. The zero-order valence-electron chi connectivity index (χ0n) is 15.2. The Labute approximate surface area is 157 Å². The molecule has 0 saturated carbocycles. The van der Waals surface area contributed by atoms with Crippen molar-refractivity contribution < 1.29 is 14.3 Å². The molecule has 6 heteroatoms. The third-order valence-corrected chi connectivity index (χ3v) is 4.16. The molecule has 0 atom stereocenters. The number of carbonyl (C=O) groups is 1. The molecule has 0 fully saturated rings. The first-order valence-electron chi connectivity index (χ1n) is 8.80. The lowest BCUT2D eigenvalue weighted by molar-refractivity contribution is -0.121. The molecule has 27 heavy (non-hydrogen) atoms. The van der Waals surface area contributed by atoms with Gasteiger partial charge in [-0.2, -0.15) is 0 Å². The number of aromatic amines is 1. The van der Waals surface area contributed by atoms with Crippen molar-refractivity contribution in [3.05, 3.63) is 70.5 Å². The molecule has 0 aliphatic heterocycles. The van der Waals surface area contributed by atoms with E-state index in [0.29, 0.717) is 30.8 Å². The fraction of sp³-hybridized carbons (Fsp3) is 0.238. The van der Waals surface area contributed by atoms with Gasteiger partial charge in [0.2, 0.25) is 5.91 Å². The summed E-state index contributed by atoms with van der Waals surface area (Å²) in [6, 6.07) is 16.7. The Bertz CT molecular complexity index is 967. The first kappa shape index (κ1) is 18.5. The molecular formula is C21H22N2O4. The van der Waals surface area contributed by atoms with E-state index >= 15 is 0 Å². The van der Waals surface area contributed by atoms with Crippen LogP contribution in [0, 0.1) is 0 Å². The van der Waals surface area contributed by atoms with Gasteiger partial charge in [-0.05, 0) is 42.8 Å². The predicted molar refractivity (Wildman–Crippen MR) is 104 cm³/mol. The molecule has 0 saturated heterocycles. The van der Waals surface area contributed by atoms with Crippen molar-refractivity contribution in [3.8, 4) is 11.5 Å². The van der Waals surface area contributed by atoms with Crippen molar-refractivity contribution in [1.82, 2.24) is 10.3 Å². The lowest BCUT2D eigenvalue weighted by atomic mass is 10.1. The Morgan fingerprint density at radius 2 is 1.89 bits per heavy atom. The summed E-state index contributed by atoms with van der Waals surface area (Å²) in [5.41, 5.74) is 1.03. The molecule has 0 aliphatic rings. The Balaban J connectivity index is 1.50. The molecule has 1 heterocycles. The molecule has 0 unspecified atom stereocenters. The van der Waals surface area contributed by atoms with E-state index in [1.165, 1.54) is 0 Å². The highest BCUT2D eigenvalue weighted by Crippen LogP contribution is 2.18. The number of methoxy groups -OCH3 is 1. The Hall–Kier alpha value is -3.28. The maximum atomic E-state index is 12.2. The summed E-state index contributed by atoms with van der Waals surface area (Å²) in [6.45, 7) is 0.647. The second-order valence-corrected chi connectivity index (χ2v) is 6.12. The van der Waals surface area contributed by atoms with Crippen LogP contribution in [-0.4, -0.2) is 24.6 Å². The van der Waals surface area contributed by atoms with E-state index in [1.54, 1.807) is 25.3 Å². The summed E-state index contributed by atoms with van der Waals surface area (Å²) >= 11 is 0. The molecule has 0 radical (unpaired) electrons. The summed E-state index contributed by atoms with van der Waals surface area (Å²) in [6.07, 6.45) is 0.943.